The number of pyridine rings is 1. The van der Waals surface area contributed by atoms with Crippen LogP contribution < -0.4 is 5.32 Å². The van der Waals surface area contributed by atoms with Gasteiger partial charge >= 0.3 is 0 Å². The molecule has 0 fully saturated rings. The normalized spacial score (nSPS) is 14.8. The number of rotatable bonds is 6. The first-order valence-corrected chi connectivity index (χ1v) is 11.9. The SMILES string of the molecule is Cc1cccn2c(-c3nc(N[C@@H](C)c4ccc(C(=O)C5=CCCN(C)C5)cc4)ncc3C#N)cnc12. The summed E-state index contributed by atoms with van der Waals surface area (Å²) in [6.07, 6.45) is 8.12. The van der Waals surface area contributed by atoms with E-state index in [4.69, 9.17) is 0 Å². The fourth-order valence-corrected chi connectivity index (χ4v) is 4.50. The van der Waals surface area contributed by atoms with E-state index in [1.54, 1.807) is 6.20 Å². The van der Waals surface area contributed by atoms with E-state index in [1.165, 1.54) is 6.20 Å². The lowest BCUT2D eigenvalue weighted by Gasteiger charge is -2.22. The standard InChI is InChI=1S/C28H27N7O/c1-18-6-4-13-35-24(16-30-27(18)35)25-23(14-29)15-31-28(33-25)32-19(2)20-8-10-21(11-9-20)26(36)22-7-5-12-34(3)17-22/h4,6-11,13,15-16,19H,5,12,17H2,1-3H3,(H,31,32,33)/t19-/m0/s1. The van der Waals surface area contributed by atoms with Gasteiger partial charge in [-0.15, -0.1) is 0 Å². The highest BCUT2D eigenvalue weighted by atomic mass is 16.1. The largest absolute Gasteiger partial charge is 0.348 e. The Labute approximate surface area is 210 Å². The maximum absolute atomic E-state index is 12.9. The van der Waals surface area contributed by atoms with Crippen LogP contribution in [0.4, 0.5) is 5.95 Å². The Hall–Kier alpha value is -4.35. The van der Waals surface area contributed by atoms with Crippen molar-refractivity contribution in [1.29, 1.82) is 5.26 Å². The number of nitriles is 1. The van der Waals surface area contributed by atoms with Gasteiger partial charge in [0.15, 0.2) is 5.78 Å². The molecule has 0 unspecified atom stereocenters. The molecule has 0 amide bonds. The average molecular weight is 478 g/mol. The summed E-state index contributed by atoms with van der Waals surface area (Å²) in [5.41, 5.74) is 6.03. The molecule has 36 heavy (non-hydrogen) atoms. The van der Waals surface area contributed by atoms with Crippen LogP contribution in [0.1, 0.15) is 46.4 Å². The van der Waals surface area contributed by atoms with Gasteiger partial charge in [0.25, 0.3) is 0 Å². The number of hydrogen-bond donors (Lipinski definition) is 1. The molecule has 4 heterocycles. The van der Waals surface area contributed by atoms with Gasteiger partial charge in [0.2, 0.25) is 5.95 Å². The minimum Gasteiger partial charge on any atom is -0.348 e. The summed E-state index contributed by atoms with van der Waals surface area (Å²) in [6.45, 7) is 5.67. The minimum absolute atomic E-state index is 0.0806. The number of benzene rings is 1. The number of Topliss-reactive ketones (excluding diaryl/α,β-unsaturated/α-hetero) is 1. The second-order valence-corrected chi connectivity index (χ2v) is 9.17. The number of nitrogens with one attached hydrogen (secondary N) is 1. The topological polar surface area (TPSA) is 99.2 Å². The zero-order valence-electron chi connectivity index (χ0n) is 20.6. The molecule has 0 bridgehead atoms. The van der Waals surface area contributed by atoms with Crippen LogP contribution in [0, 0.1) is 18.3 Å². The molecule has 1 aliphatic heterocycles. The fraction of sp³-hybridized carbons (Fsp3) is 0.250. The number of nitrogens with zero attached hydrogens (tertiary/aromatic N) is 6. The Morgan fingerprint density at radius 1 is 1.17 bits per heavy atom. The van der Waals surface area contributed by atoms with Crippen molar-refractivity contribution < 1.29 is 4.79 Å². The highest BCUT2D eigenvalue weighted by molar-refractivity contribution is 6.09. The van der Waals surface area contributed by atoms with Crippen LogP contribution in [0.2, 0.25) is 0 Å². The first kappa shape index (κ1) is 23.4. The molecule has 0 saturated carbocycles. The third-order valence-electron chi connectivity index (χ3n) is 6.53. The van der Waals surface area contributed by atoms with Gasteiger partial charge in [-0.05, 0) is 44.5 Å². The lowest BCUT2D eigenvalue weighted by atomic mass is 9.98. The van der Waals surface area contributed by atoms with Crippen molar-refractivity contribution in [3.63, 3.8) is 0 Å². The summed E-state index contributed by atoms with van der Waals surface area (Å²) in [6, 6.07) is 13.7. The molecule has 1 N–H and O–H groups in total. The van der Waals surface area contributed by atoms with E-state index < -0.39 is 0 Å². The first-order chi connectivity index (χ1) is 17.4. The molecule has 1 atom stereocenters. The zero-order chi connectivity index (χ0) is 25.2. The van der Waals surface area contributed by atoms with Crippen molar-refractivity contribution in [2.45, 2.75) is 26.3 Å². The molecule has 0 radical (unpaired) electrons. The molecule has 8 nitrogen and oxygen atoms in total. The molecule has 180 valence electrons. The van der Waals surface area contributed by atoms with Crippen molar-refractivity contribution >= 4 is 17.4 Å². The van der Waals surface area contributed by atoms with Gasteiger partial charge in [0.05, 0.1) is 29.7 Å². The van der Waals surface area contributed by atoms with Crippen LogP contribution in [0.3, 0.4) is 0 Å². The number of anilines is 1. The van der Waals surface area contributed by atoms with Gasteiger partial charge in [-0.25, -0.2) is 15.0 Å². The molecule has 0 aliphatic carbocycles. The molecular weight excluding hydrogens is 450 g/mol. The Bertz CT molecular complexity index is 1510. The number of aromatic nitrogens is 4. The molecule has 3 aromatic heterocycles. The van der Waals surface area contributed by atoms with E-state index in [-0.39, 0.29) is 11.8 Å². The second kappa shape index (κ2) is 9.72. The molecule has 0 spiro atoms. The van der Waals surface area contributed by atoms with Gasteiger partial charge in [0, 0.05) is 30.4 Å². The predicted octanol–water partition coefficient (Wildman–Crippen LogP) is 4.59. The van der Waals surface area contributed by atoms with Crippen LogP contribution in [-0.2, 0) is 0 Å². The molecule has 0 saturated heterocycles. The molecule has 1 aromatic carbocycles. The smallest absolute Gasteiger partial charge is 0.223 e. The summed E-state index contributed by atoms with van der Waals surface area (Å²) in [4.78, 5) is 28.6. The van der Waals surface area contributed by atoms with Gasteiger partial charge in [-0.2, -0.15) is 5.26 Å². The summed E-state index contributed by atoms with van der Waals surface area (Å²) >= 11 is 0. The number of carbonyl (C=O) groups is 1. The first-order valence-electron chi connectivity index (χ1n) is 11.9. The summed E-state index contributed by atoms with van der Waals surface area (Å²) in [5, 5.41) is 13.0. The average Bonchev–Trinajstić information content (AvgIpc) is 3.34. The van der Waals surface area contributed by atoms with Crippen molar-refractivity contribution in [2.24, 2.45) is 0 Å². The van der Waals surface area contributed by atoms with Gasteiger partial charge in [-0.1, -0.05) is 36.4 Å². The summed E-state index contributed by atoms with van der Waals surface area (Å²) in [5.74, 6) is 0.492. The van der Waals surface area contributed by atoms with Crippen LogP contribution in [0.5, 0.6) is 0 Å². The minimum atomic E-state index is -0.112. The van der Waals surface area contributed by atoms with Gasteiger partial charge < -0.3 is 10.2 Å². The number of likely N-dealkylation sites (N-methyl/N-ethyl adjacent to an activating group) is 1. The Kier molecular flexibility index (Phi) is 6.32. The highest BCUT2D eigenvalue weighted by Gasteiger charge is 2.19. The summed E-state index contributed by atoms with van der Waals surface area (Å²) in [7, 11) is 2.03. The van der Waals surface area contributed by atoms with Crippen LogP contribution >= 0.6 is 0 Å². The molecule has 8 heteroatoms. The molecule has 5 rings (SSSR count). The van der Waals surface area contributed by atoms with E-state index in [1.807, 2.05) is 74.0 Å². The maximum Gasteiger partial charge on any atom is 0.223 e. The molecule has 1 aliphatic rings. The quantitative estimate of drug-likeness (QED) is 0.406. The van der Waals surface area contributed by atoms with Crippen molar-refractivity contribution in [1.82, 2.24) is 24.3 Å². The highest BCUT2D eigenvalue weighted by Crippen LogP contribution is 2.26. The maximum atomic E-state index is 12.9. The lowest BCUT2D eigenvalue weighted by Crippen LogP contribution is -2.28. The van der Waals surface area contributed by atoms with Crippen LogP contribution in [0.25, 0.3) is 17.0 Å². The third kappa shape index (κ3) is 4.49. The monoisotopic (exact) mass is 477 g/mol. The van der Waals surface area contributed by atoms with E-state index >= 15 is 0 Å². The summed E-state index contributed by atoms with van der Waals surface area (Å²) < 4.78 is 1.93. The Morgan fingerprint density at radius 2 is 1.97 bits per heavy atom. The number of carbonyl (C=O) groups excluding carboxylic acids is 1. The van der Waals surface area contributed by atoms with Crippen molar-refractivity contribution in [2.75, 3.05) is 25.5 Å². The fourth-order valence-electron chi connectivity index (χ4n) is 4.50. The lowest BCUT2D eigenvalue weighted by molar-refractivity contribution is 0.102. The molecular formula is C28H27N7O. The van der Waals surface area contributed by atoms with Crippen molar-refractivity contribution in [3.05, 3.63) is 88.9 Å². The number of fused-ring (bicyclic) bond motifs is 1. The van der Waals surface area contributed by atoms with Gasteiger partial charge in [-0.3, -0.25) is 9.20 Å². The number of ketones is 1. The number of imidazole rings is 1. The van der Waals surface area contributed by atoms with Crippen LogP contribution in [-0.4, -0.2) is 50.2 Å². The molecule has 4 aromatic rings. The van der Waals surface area contributed by atoms with E-state index in [0.29, 0.717) is 29.3 Å². The van der Waals surface area contributed by atoms with E-state index in [0.717, 1.165) is 41.0 Å². The Balaban J connectivity index is 1.37. The number of hydrogen-bond acceptors (Lipinski definition) is 7. The van der Waals surface area contributed by atoms with Gasteiger partial charge in [0.1, 0.15) is 17.4 Å². The van der Waals surface area contributed by atoms with Crippen molar-refractivity contribution in [3.8, 4) is 17.5 Å². The predicted molar refractivity (Wildman–Crippen MR) is 139 cm³/mol. The number of aryl methyl sites for hydroxylation is 1. The third-order valence-corrected chi connectivity index (χ3v) is 6.53. The van der Waals surface area contributed by atoms with E-state index in [2.05, 4.69) is 31.2 Å². The Morgan fingerprint density at radius 3 is 2.72 bits per heavy atom. The van der Waals surface area contributed by atoms with E-state index in [9.17, 15) is 10.1 Å². The zero-order valence-corrected chi connectivity index (χ0v) is 20.6. The second-order valence-electron chi connectivity index (χ2n) is 9.17. The van der Waals surface area contributed by atoms with Crippen LogP contribution in [0.15, 0.2) is 66.6 Å².